The third kappa shape index (κ3) is 6.78. The van der Waals surface area contributed by atoms with E-state index in [0.29, 0.717) is 44.8 Å². The second kappa shape index (κ2) is 14.4. The Bertz CT molecular complexity index is 1810. The minimum Gasteiger partial charge on any atom is -0.462 e. The van der Waals surface area contributed by atoms with E-state index in [4.69, 9.17) is 26.0 Å². The molecule has 2 atom stereocenters. The molecule has 4 aromatic rings. The molecule has 1 aromatic heterocycles. The lowest BCUT2D eigenvalue weighted by molar-refractivity contribution is 0.0788. The number of likely N-dealkylation sites (tertiary alicyclic amines) is 1. The number of ether oxygens (including phenoxy) is 2. The Balaban J connectivity index is 1.16. The molecule has 2 saturated heterocycles. The number of rotatable bonds is 8. The molecule has 0 bridgehead atoms. The lowest BCUT2D eigenvalue weighted by atomic mass is 10.0. The monoisotopic (exact) mass is 709 g/mol. The van der Waals surface area contributed by atoms with Crippen molar-refractivity contribution in [3.05, 3.63) is 99.4 Å². The molecule has 0 aliphatic carbocycles. The smallest absolute Gasteiger partial charge is 0.410 e. The van der Waals surface area contributed by atoms with Gasteiger partial charge in [-0.25, -0.2) is 11.4 Å². The molecule has 0 spiro atoms. The number of carbonyl (C=O) groups excluding carboxylic acids is 1. The molecule has 3 aliphatic rings. The SMILES string of the molecule is [C-]#[N+]C[C@H]1CN(c2nc(OC[C@@H]3CCCN3C)nc3c2CCN(c2cccc4cccc(Br)c24)C3)CCN1C(=O)OCc1ccccc1. The van der Waals surface area contributed by atoms with E-state index in [1.54, 1.807) is 4.90 Å². The Labute approximate surface area is 290 Å². The number of piperazine rings is 1. The van der Waals surface area contributed by atoms with Crippen LogP contribution in [-0.4, -0.2) is 90.9 Å². The average molecular weight is 711 g/mol. The molecule has 0 saturated carbocycles. The molecular weight excluding hydrogens is 670 g/mol. The Hall–Kier alpha value is -4.40. The molecule has 248 valence electrons. The molecular formula is C37H40BrN7O3. The highest BCUT2D eigenvalue weighted by Crippen LogP contribution is 2.37. The molecule has 2 fully saturated rings. The Morgan fingerprint density at radius 2 is 1.81 bits per heavy atom. The van der Waals surface area contributed by atoms with E-state index in [1.165, 1.54) is 16.5 Å². The van der Waals surface area contributed by atoms with E-state index in [2.05, 4.69) is 78.9 Å². The third-order valence-corrected chi connectivity index (χ3v) is 10.5. The summed E-state index contributed by atoms with van der Waals surface area (Å²) < 4.78 is 13.1. The number of amides is 1. The number of benzene rings is 3. The zero-order valence-electron chi connectivity index (χ0n) is 27.2. The maximum absolute atomic E-state index is 13.2. The van der Waals surface area contributed by atoms with Gasteiger partial charge in [0.2, 0.25) is 6.54 Å². The van der Waals surface area contributed by atoms with Crippen molar-refractivity contribution in [2.75, 3.05) is 62.7 Å². The summed E-state index contributed by atoms with van der Waals surface area (Å²) in [7, 11) is 2.14. The summed E-state index contributed by atoms with van der Waals surface area (Å²) in [5, 5.41) is 2.38. The van der Waals surface area contributed by atoms with Gasteiger partial charge >= 0.3 is 12.1 Å². The van der Waals surface area contributed by atoms with Crippen LogP contribution in [0.3, 0.4) is 0 Å². The number of aromatic nitrogens is 2. The first-order chi connectivity index (χ1) is 23.5. The highest BCUT2D eigenvalue weighted by Gasteiger charge is 2.36. The molecule has 3 aliphatic heterocycles. The number of fused-ring (bicyclic) bond motifs is 2. The van der Waals surface area contributed by atoms with E-state index in [-0.39, 0.29) is 19.2 Å². The van der Waals surface area contributed by atoms with Gasteiger partial charge in [0.25, 0.3) is 0 Å². The summed E-state index contributed by atoms with van der Waals surface area (Å²) in [4.78, 5) is 35.6. The van der Waals surface area contributed by atoms with Gasteiger partial charge in [0.1, 0.15) is 25.1 Å². The largest absolute Gasteiger partial charge is 0.462 e. The standard InChI is InChI=1S/C37H40BrN7O3/c1-39-21-29-22-44(19-20-45(29)37(46)48-24-26-9-4-3-5-10-26)35-30-16-18-43(33-15-7-12-27-11-6-14-31(38)34(27)33)23-32(30)40-36(41-35)47-25-28-13-8-17-42(28)2/h3-7,9-12,14-15,28-29H,8,13,16-25H2,2H3/t28-,29-/m0/s1. The van der Waals surface area contributed by atoms with Crippen LogP contribution >= 0.6 is 15.9 Å². The summed E-state index contributed by atoms with van der Waals surface area (Å²) in [6.45, 7) is 12.6. The normalized spacial score (nSPS) is 19.6. The molecule has 7 rings (SSSR count). The summed E-state index contributed by atoms with van der Waals surface area (Å²) in [5.74, 6) is 0.848. The average Bonchev–Trinajstić information content (AvgIpc) is 3.53. The van der Waals surface area contributed by atoms with Gasteiger partial charge in [0.15, 0.2) is 0 Å². The fraction of sp³-hybridized carbons (Fsp3) is 0.405. The quantitative estimate of drug-likeness (QED) is 0.201. The van der Waals surface area contributed by atoms with Crippen molar-refractivity contribution in [2.24, 2.45) is 0 Å². The van der Waals surface area contributed by atoms with Crippen LogP contribution in [-0.2, 0) is 24.3 Å². The summed E-state index contributed by atoms with van der Waals surface area (Å²) in [6.07, 6.45) is 2.64. The van der Waals surface area contributed by atoms with Crippen molar-refractivity contribution >= 4 is 44.3 Å². The topological polar surface area (TPSA) is 78.6 Å². The van der Waals surface area contributed by atoms with Gasteiger partial charge in [-0.15, -0.1) is 0 Å². The Morgan fingerprint density at radius 1 is 0.979 bits per heavy atom. The lowest BCUT2D eigenvalue weighted by Crippen LogP contribution is -2.57. The predicted octanol–water partition coefficient (Wildman–Crippen LogP) is 6.17. The molecule has 1 amide bonds. The molecule has 0 N–H and O–H groups in total. The number of hydrogen-bond donors (Lipinski definition) is 0. The fourth-order valence-corrected chi connectivity index (χ4v) is 7.76. The minimum absolute atomic E-state index is 0.186. The van der Waals surface area contributed by atoms with Gasteiger partial charge in [0.05, 0.1) is 12.2 Å². The van der Waals surface area contributed by atoms with Crippen LogP contribution in [0.25, 0.3) is 15.6 Å². The molecule has 3 aromatic carbocycles. The molecule has 0 radical (unpaired) electrons. The number of hydrogen-bond acceptors (Lipinski definition) is 8. The third-order valence-electron chi connectivity index (χ3n) is 9.80. The minimum atomic E-state index is -0.390. The number of carbonyl (C=O) groups is 1. The Kier molecular flexibility index (Phi) is 9.64. The van der Waals surface area contributed by atoms with Crippen LogP contribution < -0.4 is 14.5 Å². The van der Waals surface area contributed by atoms with Crippen LogP contribution in [0.1, 0.15) is 29.7 Å². The Morgan fingerprint density at radius 3 is 2.60 bits per heavy atom. The van der Waals surface area contributed by atoms with Crippen LogP contribution in [0.2, 0.25) is 0 Å². The van der Waals surface area contributed by atoms with E-state index in [0.717, 1.165) is 59.5 Å². The van der Waals surface area contributed by atoms with Crippen LogP contribution in [0.15, 0.2) is 71.2 Å². The van der Waals surface area contributed by atoms with Crippen molar-refractivity contribution in [1.82, 2.24) is 19.8 Å². The van der Waals surface area contributed by atoms with Crippen LogP contribution in [0, 0.1) is 6.57 Å². The number of anilines is 2. The number of halogens is 1. The second-order valence-electron chi connectivity index (χ2n) is 12.8. The van der Waals surface area contributed by atoms with Crippen LogP contribution in [0.4, 0.5) is 16.3 Å². The van der Waals surface area contributed by atoms with Gasteiger partial charge in [-0.3, -0.25) is 4.90 Å². The first-order valence-corrected chi connectivity index (χ1v) is 17.5. The summed E-state index contributed by atoms with van der Waals surface area (Å²) in [6, 6.07) is 22.8. The van der Waals surface area contributed by atoms with E-state index in [1.807, 2.05) is 30.3 Å². The van der Waals surface area contributed by atoms with Crippen molar-refractivity contribution in [3.63, 3.8) is 0 Å². The molecule has 0 unspecified atom stereocenters. The maximum Gasteiger partial charge on any atom is 0.410 e. The highest BCUT2D eigenvalue weighted by molar-refractivity contribution is 9.10. The van der Waals surface area contributed by atoms with E-state index >= 15 is 0 Å². The molecule has 4 heterocycles. The van der Waals surface area contributed by atoms with Crippen LogP contribution in [0.5, 0.6) is 6.01 Å². The van der Waals surface area contributed by atoms with Gasteiger partial charge < -0.3 is 29.0 Å². The zero-order chi connectivity index (χ0) is 33.0. The van der Waals surface area contributed by atoms with Crippen molar-refractivity contribution < 1.29 is 14.3 Å². The van der Waals surface area contributed by atoms with Crippen molar-refractivity contribution in [1.29, 1.82) is 0 Å². The molecule has 48 heavy (non-hydrogen) atoms. The van der Waals surface area contributed by atoms with Crippen molar-refractivity contribution in [2.45, 2.75) is 44.5 Å². The lowest BCUT2D eigenvalue weighted by Gasteiger charge is -2.40. The fourth-order valence-electron chi connectivity index (χ4n) is 7.17. The summed E-state index contributed by atoms with van der Waals surface area (Å²) in [5.41, 5.74) is 4.16. The molecule has 10 nitrogen and oxygen atoms in total. The first-order valence-electron chi connectivity index (χ1n) is 16.7. The van der Waals surface area contributed by atoms with Gasteiger partial charge in [-0.1, -0.05) is 70.5 Å². The van der Waals surface area contributed by atoms with Crippen molar-refractivity contribution in [3.8, 4) is 6.01 Å². The number of nitrogens with zero attached hydrogens (tertiary/aromatic N) is 7. The first kappa shape index (κ1) is 32.2. The predicted molar refractivity (Wildman–Crippen MR) is 190 cm³/mol. The van der Waals surface area contributed by atoms with E-state index < -0.39 is 6.09 Å². The highest BCUT2D eigenvalue weighted by atomic mass is 79.9. The van der Waals surface area contributed by atoms with Gasteiger partial charge in [-0.2, -0.15) is 9.97 Å². The maximum atomic E-state index is 13.2. The molecule has 11 heteroatoms. The van der Waals surface area contributed by atoms with Gasteiger partial charge in [-0.05, 0) is 55.9 Å². The van der Waals surface area contributed by atoms with Gasteiger partial charge in [0, 0.05) is 53.3 Å². The number of likely N-dealkylation sites (N-methyl/N-ethyl adjacent to an activating group) is 1. The second-order valence-corrected chi connectivity index (χ2v) is 13.7. The zero-order valence-corrected chi connectivity index (χ0v) is 28.8. The van der Waals surface area contributed by atoms with E-state index in [9.17, 15) is 4.79 Å². The summed E-state index contributed by atoms with van der Waals surface area (Å²) >= 11 is 3.79.